The highest BCUT2D eigenvalue weighted by atomic mass is 79.9. The number of rotatable bonds is 7. The highest BCUT2D eigenvalue weighted by Gasteiger charge is 2.23. The Hall–Kier alpha value is -1.53. The van der Waals surface area contributed by atoms with Gasteiger partial charge in [-0.3, -0.25) is 10.1 Å². The van der Waals surface area contributed by atoms with Crippen molar-refractivity contribution in [2.75, 3.05) is 20.8 Å². The molecule has 19 heavy (non-hydrogen) atoms. The predicted molar refractivity (Wildman–Crippen MR) is 75.8 cm³/mol. The molecular weight excluding hydrogens is 314 g/mol. The number of carbonyl (C=O) groups is 1. The Balaban J connectivity index is 3.22. The van der Waals surface area contributed by atoms with Gasteiger partial charge < -0.3 is 14.6 Å². The van der Waals surface area contributed by atoms with Gasteiger partial charge in [-0.1, -0.05) is 22.0 Å². The number of ether oxygens (including phenoxy) is 2. The van der Waals surface area contributed by atoms with Gasteiger partial charge in [-0.2, -0.15) is 0 Å². The third-order valence-corrected chi connectivity index (χ3v) is 3.21. The molecule has 0 saturated heterocycles. The van der Waals surface area contributed by atoms with E-state index in [2.05, 4.69) is 27.8 Å². The minimum Gasteiger partial charge on any atom is -0.493 e. The number of methoxy groups -OCH3 is 2. The molecule has 0 aliphatic rings. The summed E-state index contributed by atoms with van der Waals surface area (Å²) in [6.45, 7) is 3.94. The fourth-order valence-electron chi connectivity index (χ4n) is 1.62. The molecule has 0 fully saturated rings. The molecule has 1 aromatic rings. The van der Waals surface area contributed by atoms with Crippen molar-refractivity contribution in [3.05, 3.63) is 34.8 Å². The third kappa shape index (κ3) is 3.71. The number of hydrogen-bond acceptors (Lipinski definition) is 4. The first-order valence-electron chi connectivity index (χ1n) is 5.53. The molecule has 5 nitrogen and oxygen atoms in total. The zero-order valence-electron chi connectivity index (χ0n) is 10.8. The molecule has 1 atom stereocenters. The molecule has 2 N–H and O–H groups in total. The molecule has 1 aromatic carbocycles. The first-order chi connectivity index (χ1) is 9.04. The summed E-state index contributed by atoms with van der Waals surface area (Å²) in [4.78, 5) is 11.3. The van der Waals surface area contributed by atoms with E-state index in [0.717, 1.165) is 0 Å². The van der Waals surface area contributed by atoms with E-state index < -0.39 is 12.0 Å². The van der Waals surface area contributed by atoms with E-state index in [-0.39, 0.29) is 0 Å². The van der Waals surface area contributed by atoms with Gasteiger partial charge in [-0.05, 0) is 17.7 Å². The molecule has 1 unspecified atom stereocenters. The van der Waals surface area contributed by atoms with Gasteiger partial charge in [0.1, 0.15) is 6.04 Å². The Morgan fingerprint density at radius 3 is 2.53 bits per heavy atom. The van der Waals surface area contributed by atoms with Crippen LogP contribution in [0.4, 0.5) is 0 Å². The van der Waals surface area contributed by atoms with E-state index in [0.29, 0.717) is 28.1 Å². The van der Waals surface area contributed by atoms with Crippen molar-refractivity contribution in [2.24, 2.45) is 0 Å². The number of carboxylic acids is 1. The van der Waals surface area contributed by atoms with E-state index in [9.17, 15) is 9.90 Å². The maximum Gasteiger partial charge on any atom is 0.325 e. The van der Waals surface area contributed by atoms with Gasteiger partial charge in [-0.15, -0.1) is 6.58 Å². The molecule has 0 aliphatic heterocycles. The van der Waals surface area contributed by atoms with Crippen molar-refractivity contribution in [1.82, 2.24) is 5.32 Å². The van der Waals surface area contributed by atoms with Crippen LogP contribution in [-0.2, 0) is 4.79 Å². The quantitative estimate of drug-likeness (QED) is 0.752. The molecule has 0 radical (unpaired) electrons. The van der Waals surface area contributed by atoms with Gasteiger partial charge in [-0.25, -0.2) is 0 Å². The van der Waals surface area contributed by atoms with Crippen LogP contribution >= 0.6 is 15.9 Å². The van der Waals surface area contributed by atoms with Gasteiger partial charge in [0.2, 0.25) is 0 Å². The zero-order chi connectivity index (χ0) is 14.4. The largest absolute Gasteiger partial charge is 0.493 e. The maximum absolute atomic E-state index is 11.3. The molecule has 0 aromatic heterocycles. The smallest absolute Gasteiger partial charge is 0.325 e. The van der Waals surface area contributed by atoms with Crippen molar-refractivity contribution in [3.63, 3.8) is 0 Å². The Morgan fingerprint density at radius 2 is 2.05 bits per heavy atom. The number of hydrogen-bond donors (Lipinski definition) is 2. The molecule has 0 bridgehead atoms. The summed E-state index contributed by atoms with van der Waals surface area (Å²) >= 11 is 3.35. The first-order valence-corrected chi connectivity index (χ1v) is 6.33. The van der Waals surface area contributed by atoms with Crippen LogP contribution in [0.15, 0.2) is 29.3 Å². The highest BCUT2D eigenvalue weighted by Crippen LogP contribution is 2.36. The van der Waals surface area contributed by atoms with Gasteiger partial charge >= 0.3 is 5.97 Å². The molecular formula is C13H16BrNO4. The minimum atomic E-state index is -0.977. The fraction of sp³-hybridized carbons (Fsp3) is 0.308. The summed E-state index contributed by atoms with van der Waals surface area (Å²) in [5.41, 5.74) is 0.562. The number of aliphatic carboxylic acids is 1. The lowest BCUT2D eigenvalue weighted by atomic mass is 10.1. The fourth-order valence-corrected chi connectivity index (χ4v) is 2.17. The monoisotopic (exact) mass is 329 g/mol. The summed E-state index contributed by atoms with van der Waals surface area (Å²) < 4.78 is 11.0. The number of nitrogens with one attached hydrogen (secondary N) is 1. The average molecular weight is 330 g/mol. The second-order valence-corrected chi connectivity index (χ2v) is 4.55. The Kier molecular flexibility index (Phi) is 5.85. The van der Waals surface area contributed by atoms with Crippen LogP contribution in [0.2, 0.25) is 0 Å². The molecule has 104 valence electrons. The van der Waals surface area contributed by atoms with Gasteiger partial charge in [0, 0.05) is 11.0 Å². The van der Waals surface area contributed by atoms with Crippen molar-refractivity contribution < 1.29 is 19.4 Å². The summed E-state index contributed by atoms with van der Waals surface area (Å²) in [6.07, 6.45) is 1.60. The Morgan fingerprint density at radius 1 is 1.47 bits per heavy atom. The lowest BCUT2D eigenvalue weighted by Gasteiger charge is -2.18. The van der Waals surface area contributed by atoms with Crippen molar-refractivity contribution in [3.8, 4) is 11.5 Å². The molecule has 0 heterocycles. The van der Waals surface area contributed by atoms with E-state index >= 15 is 0 Å². The summed E-state index contributed by atoms with van der Waals surface area (Å²) in [6, 6.07) is 2.46. The Labute approximate surface area is 120 Å². The normalized spacial score (nSPS) is 11.7. The standard InChI is InChI=1S/C13H16BrNO4/c1-4-5-15-12(13(16)17)8-6-10(18-2)11(19-3)7-9(8)14/h4,6-7,12,15H,1,5H2,2-3H3,(H,16,17). The minimum absolute atomic E-state index is 0.387. The van der Waals surface area contributed by atoms with Gasteiger partial charge in [0.15, 0.2) is 11.5 Å². The molecule has 0 spiro atoms. The van der Waals surface area contributed by atoms with Gasteiger partial charge in [0.05, 0.1) is 14.2 Å². The van der Waals surface area contributed by atoms with Crippen LogP contribution in [0.3, 0.4) is 0 Å². The molecule has 0 aliphatic carbocycles. The predicted octanol–water partition coefficient (Wildman–Crippen LogP) is 2.37. The second kappa shape index (κ2) is 7.16. The van der Waals surface area contributed by atoms with E-state index in [1.54, 1.807) is 18.2 Å². The van der Waals surface area contributed by atoms with Crippen LogP contribution in [-0.4, -0.2) is 31.8 Å². The molecule has 0 amide bonds. The second-order valence-electron chi connectivity index (χ2n) is 3.70. The van der Waals surface area contributed by atoms with Crippen LogP contribution in [0.25, 0.3) is 0 Å². The zero-order valence-corrected chi connectivity index (χ0v) is 12.4. The molecule has 6 heteroatoms. The van der Waals surface area contributed by atoms with Crippen molar-refractivity contribution in [1.29, 1.82) is 0 Å². The summed E-state index contributed by atoms with van der Waals surface area (Å²) in [5, 5.41) is 12.1. The van der Waals surface area contributed by atoms with Gasteiger partial charge in [0.25, 0.3) is 0 Å². The van der Waals surface area contributed by atoms with Crippen molar-refractivity contribution in [2.45, 2.75) is 6.04 Å². The average Bonchev–Trinajstić information content (AvgIpc) is 2.39. The summed E-state index contributed by atoms with van der Waals surface area (Å²) in [7, 11) is 3.02. The lowest BCUT2D eigenvalue weighted by molar-refractivity contribution is -0.139. The number of halogens is 1. The van der Waals surface area contributed by atoms with E-state index in [1.165, 1.54) is 14.2 Å². The molecule has 1 rings (SSSR count). The van der Waals surface area contributed by atoms with Crippen LogP contribution in [0, 0.1) is 0 Å². The third-order valence-electron chi connectivity index (χ3n) is 2.53. The topological polar surface area (TPSA) is 67.8 Å². The van der Waals surface area contributed by atoms with E-state index in [4.69, 9.17) is 9.47 Å². The van der Waals surface area contributed by atoms with E-state index in [1.807, 2.05) is 0 Å². The van der Waals surface area contributed by atoms with Crippen LogP contribution < -0.4 is 14.8 Å². The number of benzene rings is 1. The summed E-state index contributed by atoms with van der Waals surface area (Å²) in [5.74, 6) is 0.0353. The van der Waals surface area contributed by atoms with Crippen LogP contribution in [0.5, 0.6) is 11.5 Å². The SMILES string of the molecule is C=CCNC(C(=O)O)c1cc(OC)c(OC)cc1Br. The highest BCUT2D eigenvalue weighted by molar-refractivity contribution is 9.10. The van der Waals surface area contributed by atoms with Crippen molar-refractivity contribution >= 4 is 21.9 Å². The number of carboxylic acid groups (broad SMARTS) is 1. The molecule has 0 saturated carbocycles. The maximum atomic E-state index is 11.3. The lowest BCUT2D eigenvalue weighted by Crippen LogP contribution is -2.28. The Bertz CT molecular complexity index is 476. The van der Waals surface area contributed by atoms with Crippen LogP contribution in [0.1, 0.15) is 11.6 Å². The first kappa shape index (κ1) is 15.5.